The number of nitrogens with two attached hydrogens (primary N) is 1. The van der Waals surface area contributed by atoms with E-state index in [2.05, 4.69) is 17.4 Å². The quantitative estimate of drug-likeness (QED) is 0.596. The first-order chi connectivity index (χ1) is 8.20. The van der Waals surface area contributed by atoms with E-state index in [1.54, 1.807) is 0 Å². The standard InChI is InChI=1S/C13H20N2O2/c14-12(13(16)17)8-4-5-9-15-10-11-6-2-1-3-7-11/h1-3,6-7,12,15H,4-5,8-10,14H2,(H,16,17). The van der Waals surface area contributed by atoms with Gasteiger partial charge < -0.3 is 16.2 Å². The fourth-order valence-electron chi connectivity index (χ4n) is 1.57. The van der Waals surface area contributed by atoms with Crippen LogP contribution >= 0.6 is 0 Å². The lowest BCUT2D eigenvalue weighted by molar-refractivity contribution is -0.138. The number of rotatable bonds is 8. The monoisotopic (exact) mass is 236 g/mol. The Kier molecular flexibility index (Phi) is 6.29. The van der Waals surface area contributed by atoms with E-state index in [1.165, 1.54) is 5.56 Å². The molecule has 0 aliphatic carbocycles. The molecule has 0 radical (unpaired) electrons. The van der Waals surface area contributed by atoms with Gasteiger partial charge in [-0.05, 0) is 24.9 Å². The molecule has 4 nitrogen and oxygen atoms in total. The lowest BCUT2D eigenvalue weighted by Gasteiger charge is -2.07. The summed E-state index contributed by atoms with van der Waals surface area (Å²) in [6.07, 6.45) is 2.34. The van der Waals surface area contributed by atoms with Crippen LogP contribution in [-0.4, -0.2) is 23.7 Å². The summed E-state index contributed by atoms with van der Waals surface area (Å²) in [6, 6.07) is 9.47. The molecule has 0 aromatic heterocycles. The van der Waals surface area contributed by atoms with Gasteiger partial charge in [0.15, 0.2) is 0 Å². The van der Waals surface area contributed by atoms with Gasteiger partial charge in [0.25, 0.3) is 0 Å². The van der Waals surface area contributed by atoms with Crippen molar-refractivity contribution < 1.29 is 9.90 Å². The van der Waals surface area contributed by atoms with E-state index in [0.717, 1.165) is 25.9 Å². The van der Waals surface area contributed by atoms with Crippen LogP contribution in [0.4, 0.5) is 0 Å². The molecule has 1 unspecified atom stereocenters. The van der Waals surface area contributed by atoms with Crippen LogP contribution in [0.2, 0.25) is 0 Å². The van der Waals surface area contributed by atoms with Crippen LogP contribution in [0.25, 0.3) is 0 Å². The lowest BCUT2D eigenvalue weighted by Crippen LogP contribution is -2.30. The summed E-state index contributed by atoms with van der Waals surface area (Å²) in [4.78, 5) is 10.5. The third kappa shape index (κ3) is 6.04. The molecule has 1 atom stereocenters. The number of hydrogen-bond acceptors (Lipinski definition) is 3. The van der Waals surface area contributed by atoms with Crippen molar-refractivity contribution in [3.8, 4) is 0 Å². The van der Waals surface area contributed by atoms with Gasteiger partial charge in [0.1, 0.15) is 6.04 Å². The summed E-state index contributed by atoms with van der Waals surface area (Å²) in [7, 11) is 0. The molecule has 0 heterocycles. The van der Waals surface area contributed by atoms with Crippen molar-refractivity contribution in [3.63, 3.8) is 0 Å². The number of benzene rings is 1. The predicted molar refractivity (Wildman–Crippen MR) is 67.6 cm³/mol. The molecule has 4 N–H and O–H groups in total. The normalized spacial score (nSPS) is 12.3. The SMILES string of the molecule is NC(CCCCNCc1ccccc1)C(=O)O. The molecule has 0 aliphatic rings. The molecule has 0 bridgehead atoms. The van der Waals surface area contributed by atoms with Gasteiger partial charge in [-0.15, -0.1) is 0 Å². The minimum atomic E-state index is -0.915. The highest BCUT2D eigenvalue weighted by atomic mass is 16.4. The minimum Gasteiger partial charge on any atom is -0.480 e. The zero-order chi connectivity index (χ0) is 12.5. The molecule has 0 saturated carbocycles. The first-order valence-electron chi connectivity index (χ1n) is 5.93. The Hall–Kier alpha value is -1.39. The smallest absolute Gasteiger partial charge is 0.320 e. The van der Waals surface area contributed by atoms with Crippen LogP contribution in [0, 0.1) is 0 Å². The topological polar surface area (TPSA) is 75.3 Å². The zero-order valence-corrected chi connectivity index (χ0v) is 9.93. The van der Waals surface area contributed by atoms with Crippen LogP contribution in [0.3, 0.4) is 0 Å². The Labute approximate surface area is 102 Å². The number of carboxylic acids is 1. The van der Waals surface area contributed by atoms with Crippen molar-refractivity contribution in [1.29, 1.82) is 0 Å². The van der Waals surface area contributed by atoms with Crippen LogP contribution < -0.4 is 11.1 Å². The van der Waals surface area contributed by atoms with E-state index in [1.807, 2.05) is 18.2 Å². The van der Waals surface area contributed by atoms with E-state index in [9.17, 15) is 4.79 Å². The number of hydrogen-bond donors (Lipinski definition) is 3. The van der Waals surface area contributed by atoms with Crippen molar-refractivity contribution in [2.24, 2.45) is 5.73 Å². The lowest BCUT2D eigenvalue weighted by atomic mass is 10.1. The maximum atomic E-state index is 10.5. The average Bonchev–Trinajstić information content (AvgIpc) is 2.34. The maximum Gasteiger partial charge on any atom is 0.320 e. The molecule has 1 aromatic rings. The third-order valence-corrected chi connectivity index (χ3v) is 2.61. The number of nitrogens with one attached hydrogen (secondary N) is 1. The Morgan fingerprint density at radius 1 is 1.29 bits per heavy atom. The van der Waals surface area contributed by atoms with Crippen LogP contribution in [0.5, 0.6) is 0 Å². The maximum absolute atomic E-state index is 10.5. The van der Waals surface area contributed by atoms with Gasteiger partial charge in [-0.3, -0.25) is 4.79 Å². The number of carbonyl (C=O) groups is 1. The highest BCUT2D eigenvalue weighted by molar-refractivity contribution is 5.72. The predicted octanol–water partition coefficient (Wildman–Crippen LogP) is 1.36. The molecular weight excluding hydrogens is 216 g/mol. The molecule has 1 aromatic carbocycles. The molecule has 17 heavy (non-hydrogen) atoms. The molecule has 0 spiro atoms. The van der Waals surface area contributed by atoms with Gasteiger partial charge in [0.05, 0.1) is 0 Å². The number of aliphatic carboxylic acids is 1. The highest BCUT2D eigenvalue weighted by Gasteiger charge is 2.09. The first-order valence-corrected chi connectivity index (χ1v) is 5.93. The molecule has 1 rings (SSSR count). The number of unbranched alkanes of at least 4 members (excludes halogenated alkanes) is 1. The summed E-state index contributed by atoms with van der Waals surface area (Å²) >= 11 is 0. The van der Waals surface area contributed by atoms with Crippen LogP contribution in [0.15, 0.2) is 30.3 Å². The summed E-state index contributed by atoms with van der Waals surface area (Å²) in [5.41, 5.74) is 6.66. The zero-order valence-electron chi connectivity index (χ0n) is 9.93. The second kappa shape index (κ2) is 7.81. The molecule has 0 amide bonds. The molecule has 0 aliphatic heterocycles. The fraction of sp³-hybridized carbons (Fsp3) is 0.462. The van der Waals surface area contributed by atoms with Crippen LogP contribution in [0.1, 0.15) is 24.8 Å². The average molecular weight is 236 g/mol. The minimum absolute atomic E-state index is 0.544. The number of carboxylic acid groups (broad SMARTS) is 1. The fourth-order valence-corrected chi connectivity index (χ4v) is 1.57. The summed E-state index contributed by atoms with van der Waals surface area (Å²) in [5, 5.41) is 11.9. The Morgan fingerprint density at radius 2 is 2.00 bits per heavy atom. The van der Waals surface area contributed by atoms with E-state index < -0.39 is 12.0 Å². The van der Waals surface area contributed by atoms with E-state index in [4.69, 9.17) is 10.8 Å². The highest BCUT2D eigenvalue weighted by Crippen LogP contribution is 2.00. The Bertz CT molecular complexity index is 327. The van der Waals surface area contributed by atoms with E-state index in [-0.39, 0.29) is 0 Å². The van der Waals surface area contributed by atoms with Crippen molar-refractivity contribution in [1.82, 2.24) is 5.32 Å². The first kappa shape index (κ1) is 13.7. The van der Waals surface area contributed by atoms with Crippen molar-refractivity contribution >= 4 is 5.97 Å². The van der Waals surface area contributed by atoms with Crippen molar-refractivity contribution in [2.75, 3.05) is 6.54 Å². The second-order valence-electron chi connectivity index (χ2n) is 4.10. The molecule has 94 valence electrons. The van der Waals surface area contributed by atoms with Crippen molar-refractivity contribution in [2.45, 2.75) is 31.8 Å². The van der Waals surface area contributed by atoms with Gasteiger partial charge >= 0.3 is 5.97 Å². The van der Waals surface area contributed by atoms with Gasteiger partial charge in [0, 0.05) is 6.54 Å². The largest absolute Gasteiger partial charge is 0.480 e. The van der Waals surface area contributed by atoms with E-state index in [0.29, 0.717) is 6.42 Å². The molecule has 0 fully saturated rings. The molecule has 0 saturated heterocycles. The van der Waals surface area contributed by atoms with Gasteiger partial charge in [0.2, 0.25) is 0 Å². The summed E-state index contributed by atoms with van der Waals surface area (Å²) in [5.74, 6) is -0.915. The third-order valence-electron chi connectivity index (χ3n) is 2.61. The molecule has 4 heteroatoms. The summed E-state index contributed by atoms with van der Waals surface area (Å²) < 4.78 is 0. The Morgan fingerprint density at radius 3 is 2.65 bits per heavy atom. The van der Waals surface area contributed by atoms with Gasteiger partial charge in [-0.1, -0.05) is 36.8 Å². The summed E-state index contributed by atoms with van der Waals surface area (Å²) in [6.45, 7) is 1.74. The van der Waals surface area contributed by atoms with Gasteiger partial charge in [-0.25, -0.2) is 0 Å². The van der Waals surface area contributed by atoms with E-state index >= 15 is 0 Å². The van der Waals surface area contributed by atoms with Crippen molar-refractivity contribution in [3.05, 3.63) is 35.9 Å². The van der Waals surface area contributed by atoms with Crippen LogP contribution in [-0.2, 0) is 11.3 Å². The second-order valence-corrected chi connectivity index (χ2v) is 4.10. The van der Waals surface area contributed by atoms with Gasteiger partial charge in [-0.2, -0.15) is 0 Å². The molecular formula is C13H20N2O2. The Balaban J connectivity index is 2.00.